The minimum atomic E-state index is 0.0189. The molecule has 6 heteroatoms. The molecular weight excluding hydrogens is 256 g/mol. The standard InChI is InChI=1S/C14H18N4O2/c1-9-13(10(2)20-17-9)14(19)18-7-3-4-11(8-18)12-5-6-15-16-12/h5-6,11H,3-4,7-8H2,1-2H3,(H,15,16). The molecule has 1 amide bonds. The zero-order chi connectivity index (χ0) is 14.1. The first-order valence-electron chi connectivity index (χ1n) is 6.88. The van der Waals surface area contributed by atoms with E-state index in [0.717, 1.165) is 25.1 Å². The Morgan fingerprint density at radius 2 is 2.35 bits per heavy atom. The third-order valence-electron chi connectivity index (χ3n) is 3.92. The van der Waals surface area contributed by atoms with Gasteiger partial charge in [0.15, 0.2) is 0 Å². The van der Waals surface area contributed by atoms with Crippen LogP contribution in [0.2, 0.25) is 0 Å². The van der Waals surface area contributed by atoms with Gasteiger partial charge < -0.3 is 9.42 Å². The highest BCUT2D eigenvalue weighted by atomic mass is 16.5. The number of piperidine rings is 1. The van der Waals surface area contributed by atoms with Crippen LogP contribution in [0.1, 0.15) is 46.3 Å². The first kappa shape index (κ1) is 12.9. The first-order valence-corrected chi connectivity index (χ1v) is 6.88. The van der Waals surface area contributed by atoms with E-state index < -0.39 is 0 Å². The quantitative estimate of drug-likeness (QED) is 0.909. The van der Waals surface area contributed by atoms with Crippen molar-refractivity contribution in [3.05, 3.63) is 35.0 Å². The van der Waals surface area contributed by atoms with Crippen molar-refractivity contribution in [2.75, 3.05) is 13.1 Å². The molecular formula is C14H18N4O2. The fourth-order valence-corrected chi connectivity index (χ4v) is 2.86. The maximum atomic E-state index is 12.6. The molecule has 1 N–H and O–H groups in total. The SMILES string of the molecule is Cc1noc(C)c1C(=O)N1CCCC(c2ccn[nH]2)C1. The third-order valence-corrected chi connectivity index (χ3v) is 3.92. The topological polar surface area (TPSA) is 75.0 Å². The second-order valence-corrected chi connectivity index (χ2v) is 5.30. The second-order valence-electron chi connectivity index (χ2n) is 5.30. The Balaban J connectivity index is 1.79. The van der Waals surface area contributed by atoms with Crippen LogP contribution >= 0.6 is 0 Å². The number of hydrogen-bond donors (Lipinski definition) is 1. The average Bonchev–Trinajstić information content (AvgIpc) is 3.09. The highest BCUT2D eigenvalue weighted by molar-refractivity contribution is 5.96. The smallest absolute Gasteiger partial charge is 0.259 e. The number of rotatable bonds is 2. The third kappa shape index (κ3) is 2.21. The van der Waals surface area contributed by atoms with E-state index in [2.05, 4.69) is 15.4 Å². The van der Waals surface area contributed by atoms with Crippen LogP contribution in [0.3, 0.4) is 0 Å². The number of amides is 1. The average molecular weight is 274 g/mol. The number of aromatic nitrogens is 3. The first-order chi connectivity index (χ1) is 9.66. The fraction of sp³-hybridized carbons (Fsp3) is 0.500. The summed E-state index contributed by atoms with van der Waals surface area (Å²) in [5.41, 5.74) is 2.37. The highest BCUT2D eigenvalue weighted by Gasteiger charge is 2.29. The lowest BCUT2D eigenvalue weighted by Crippen LogP contribution is -2.39. The summed E-state index contributed by atoms with van der Waals surface area (Å²) in [6, 6.07) is 1.98. The molecule has 0 aliphatic carbocycles. The molecule has 0 radical (unpaired) electrons. The molecule has 0 aromatic carbocycles. The van der Waals surface area contributed by atoms with Crippen molar-refractivity contribution in [1.29, 1.82) is 0 Å². The number of likely N-dealkylation sites (tertiary alicyclic amines) is 1. The summed E-state index contributed by atoms with van der Waals surface area (Å²) in [6.45, 7) is 5.09. The van der Waals surface area contributed by atoms with Gasteiger partial charge in [-0.15, -0.1) is 0 Å². The Morgan fingerprint density at radius 3 is 3.00 bits per heavy atom. The van der Waals surface area contributed by atoms with E-state index in [9.17, 15) is 4.79 Å². The van der Waals surface area contributed by atoms with Crippen LogP contribution in [0.4, 0.5) is 0 Å². The lowest BCUT2D eigenvalue weighted by molar-refractivity contribution is 0.0703. The van der Waals surface area contributed by atoms with Gasteiger partial charge in [-0.25, -0.2) is 0 Å². The molecule has 20 heavy (non-hydrogen) atoms. The number of nitrogens with zero attached hydrogens (tertiary/aromatic N) is 3. The monoisotopic (exact) mass is 274 g/mol. The predicted octanol–water partition coefficient (Wildman–Crippen LogP) is 2.03. The van der Waals surface area contributed by atoms with Crippen LogP contribution in [0, 0.1) is 13.8 Å². The van der Waals surface area contributed by atoms with Gasteiger partial charge >= 0.3 is 0 Å². The van der Waals surface area contributed by atoms with Crippen LogP contribution in [-0.4, -0.2) is 39.3 Å². The summed E-state index contributed by atoms with van der Waals surface area (Å²) in [4.78, 5) is 14.5. The van der Waals surface area contributed by atoms with Crippen molar-refractivity contribution in [3.63, 3.8) is 0 Å². The molecule has 106 valence electrons. The minimum Gasteiger partial charge on any atom is -0.361 e. The molecule has 1 aliphatic rings. The van der Waals surface area contributed by atoms with E-state index in [1.165, 1.54) is 0 Å². The maximum Gasteiger partial charge on any atom is 0.259 e. The molecule has 1 fully saturated rings. The van der Waals surface area contributed by atoms with Gasteiger partial charge in [0.05, 0.1) is 5.69 Å². The van der Waals surface area contributed by atoms with Crippen LogP contribution in [0.5, 0.6) is 0 Å². The van der Waals surface area contributed by atoms with E-state index in [0.29, 0.717) is 29.5 Å². The van der Waals surface area contributed by atoms with Crippen molar-refractivity contribution < 1.29 is 9.32 Å². The lowest BCUT2D eigenvalue weighted by atomic mass is 9.94. The van der Waals surface area contributed by atoms with Crippen molar-refractivity contribution in [1.82, 2.24) is 20.3 Å². The lowest BCUT2D eigenvalue weighted by Gasteiger charge is -2.32. The molecule has 2 aromatic heterocycles. The van der Waals surface area contributed by atoms with E-state index in [4.69, 9.17) is 4.52 Å². The number of carbonyl (C=O) groups is 1. The summed E-state index contributed by atoms with van der Waals surface area (Å²) in [5, 5.41) is 10.9. The largest absolute Gasteiger partial charge is 0.361 e. The Kier molecular flexibility index (Phi) is 3.30. The molecule has 0 spiro atoms. The van der Waals surface area contributed by atoms with Gasteiger partial charge in [-0.2, -0.15) is 5.10 Å². The van der Waals surface area contributed by atoms with Crippen molar-refractivity contribution in [3.8, 4) is 0 Å². The summed E-state index contributed by atoms with van der Waals surface area (Å²) in [6.07, 6.45) is 3.83. The van der Waals surface area contributed by atoms with Crippen molar-refractivity contribution in [2.24, 2.45) is 0 Å². The van der Waals surface area contributed by atoms with Crippen LogP contribution in [-0.2, 0) is 0 Å². The Bertz CT molecular complexity index is 583. The molecule has 0 saturated carbocycles. The van der Waals surface area contributed by atoms with E-state index in [1.54, 1.807) is 20.0 Å². The predicted molar refractivity (Wildman–Crippen MR) is 72.4 cm³/mol. The molecule has 1 saturated heterocycles. The molecule has 0 bridgehead atoms. The van der Waals surface area contributed by atoms with Crippen LogP contribution in [0.15, 0.2) is 16.8 Å². The molecule has 6 nitrogen and oxygen atoms in total. The number of H-pyrrole nitrogens is 1. The van der Waals surface area contributed by atoms with Gasteiger partial charge in [0.25, 0.3) is 5.91 Å². The second kappa shape index (κ2) is 5.11. The summed E-state index contributed by atoms with van der Waals surface area (Å²) in [5.74, 6) is 0.942. The number of hydrogen-bond acceptors (Lipinski definition) is 4. The fourth-order valence-electron chi connectivity index (χ4n) is 2.86. The van der Waals surface area contributed by atoms with E-state index in [1.807, 2.05) is 11.0 Å². The number of nitrogens with one attached hydrogen (secondary N) is 1. The minimum absolute atomic E-state index is 0.0189. The normalized spacial score (nSPS) is 19.3. The van der Waals surface area contributed by atoms with E-state index >= 15 is 0 Å². The van der Waals surface area contributed by atoms with Gasteiger partial charge in [-0.3, -0.25) is 9.89 Å². The summed E-state index contributed by atoms with van der Waals surface area (Å²) < 4.78 is 5.09. The summed E-state index contributed by atoms with van der Waals surface area (Å²) >= 11 is 0. The number of aryl methyl sites for hydroxylation is 2. The summed E-state index contributed by atoms with van der Waals surface area (Å²) in [7, 11) is 0. The highest BCUT2D eigenvalue weighted by Crippen LogP contribution is 2.27. The Morgan fingerprint density at radius 1 is 1.50 bits per heavy atom. The number of carbonyl (C=O) groups excluding carboxylic acids is 1. The van der Waals surface area contributed by atoms with Gasteiger partial charge in [0.1, 0.15) is 11.3 Å². The van der Waals surface area contributed by atoms with Gasteiger partial charge in [-0.1, -0.05) is 5.16 Å². The Labute approximate surface area is 117 Å². The zero-order valence-corrected chi connectivity index (χ0v) is 11.7. The molecule has 1 aliphatic heterocycles. The molecule has 1 atom stereocenters. The van der Waals surface area contributed by atoms with Crippen LogP contribution in [0.25, 0.3) is 0 Å². The molecule has 1 unspecified atom stereocenters. The Hall–Kier alpha value is -2.11. The van der Waals surface area contributed by atoms with Gasteiger partial charge in [0.2, 0.25) is 0 Å². The van der Waals surface area contributed by atoms with Crippen molar-refractivity contribution in [2.45, 2.75) is 32.6 Å². The zero-order valence-electron chi connectivity index (χ0n) is 11.7. The molecule has 2 aromatic rings. The van der Waals surface area contributed by atoms with Crippen molar-refractivity contribution >= 4 is 5.91 Å². The number of aromatic amines is 1. The molecule has 3 heterocycles. The maximum absolute atomic E-state index is 12.6. The van der Waals surface area contributed by atoms with Gasteiger partial charge in [0, 0.05) is 30.9 Å². The molecule has 3 rings (SSSR count). The van der Waals surface area contributed by atoms with E-state index in [-0.39, 0.29) is 5.91 Å². The van der Waals surface area contributed by atoms with Gasteiger partial charge in [-0.05, 0) is 32.8 Å². The van der Waals surface area contributed by atoms with Crippen LogP contribution < -0.4 is 0 Å².